The maximum absolute atomic E-state index is 13.6. The number of hydrogen-bond donors (Lipinski definition) is 0. The summed E-state index contributed by atoms with van der Waals surface area (Å²) in [6, 6.07) is 11.3. The number of anilines is 2. The second-order valence-electron chi connectivity index (χ2n) is 9.02. The highest BCUT2D eigenvalue weighted by Crippen LogP contribution is 2.40. The van der Waals surface area contributed by atoms with Crippen LogP contribution in [0.3, 0.4) is 0 Å². The Kier molecular flexibility index (Phi) is 6.00. The minimum atomic E-state index is -0.287. The van der Waals surface area contributed by atoms with Crippen LogP contribution < -0.4 is 15.2 Å². The SMILES string of the molecule is CN(C)C(=O)c1cc([C@H]2CCCN2c2ccc(F)cc2)c2oc(N3CCOCC3)cc(=O)c2c1. The molecule has 1 atom stereocenters. The van der Waals surface area contributed by atoms with Crippen molar-refractivity contribution in [2.75, 3.05) is 56.7 Å². The number of amides is 1. The molecular formula is C26H28FN3O4. The van der Waals surface area contributed by atoms with Crippen molar-refractivity contribution in [3.63, 3.8) is 0 Å². The molecule has 2 aliphatic heterocycles. The number of halogens is 1. The van der Waals surface area contributed by atoms with Crippen molar-refractivity contribution >= 4 is 28.4 Å². The molecule has 3 aromatic rings. The summed E-state index contributed by atoms with van der Waals surface area (Å²) in [6.07, 6.45) is 1.76. The van der Waals surface area contributed by atoms with Gasteiger partial charge < -0.3 is 23.9 Å². The average Bonchev–Trinajstić information content (AvgIpc) is 3.33. The molecule has 2 aromatic carbocycles. The predicted octanol–water partition coefficient (Wildman–Crippen LogP) is 3.81. The van der Waals surface area contributed by atoms with Gasteiger partial charge in [-0.15, -0.1) is 0 Å². The summed E-state index contributed by atoms with van der Waals surface area (Å²) >= 11 is 0. The lowest BCUT2D eigenvalue weighted by Gasteiger charge is -2.29. The Hall–Kier alpha value is -3.39. The van der Waals surface area contributed by atoms with Crippen LogP contribution in [-0.2, 0) is 4.74 Å². The number of morpholine rings is 1. The minimum absolute atomic E-state index is 0.106. The lowest BCUT2D eigenvalue weighted by molar-refractivity contribution is 0.0827. The van der Waals surface area contributed by atoms with Crippen LogP contribution >= 0.6 is 0 Å². The highest BCUT2D eigenvalue weighted by molar-refractivity contribution is 5.98. The third kappa shape index (κ3) is 4.14. The topological polar surface area (TPSA) is 66.2 Å². The normalized spacial score (nSPS) is 18.5. The van der Waals surface area contributed by atoms with Gasteiger partial charge in [0.15, 0.2) is 11.3 Å². The van der Waals surface area contributed by atoms with Gasteiger partial charge in [0.1, 0.15) is 11.4 Å². The van der Waals surface area contributed by atoms with Crippen LogP contribution in [0.15, 0.2) is 51.7 Å². The fourth-order valence-corrected chi connectivity index (χ4v) is 4.87. The summed E-state index contributed by atoms with van der Waals surface area (Å²) in [6.45, 7) is 3.23. The molecule has 2 aliphatic rings. The van der Waals surface area contributed by atoms with Crippen molar-refractivity contribution in [1.29, 1.82) is 0 Å². The van der Waals surface area contributed by atoms with Crippen molar-refractivity contribution in [3.8, 4) is 0 Å². The molecule has 1 aromatic heterocycles. The van der Waals surface area contributed by atoms with Crippen LogP contribution in [0.5, 0.6) is 0 Å². The van der Waals surface area contributed by atoms with Crippen LogP contribution in [0.4, 0.5) is 16.0 Å². The van der Waals surface area contributed by atoms with E-state index in [1.165, 1.54) is 23.1 Å². The molecule has 0 radical (unpaired) electrons. The number of benzene rings is 2. The molecule has 1 amide bonds. The maximum atomic E-state index is 13.6. The summed E-state index contributed by atoms with van der Waals surface area (Å²) in [5, 5.41) is 0.394. The van der Waals surface area contributed by atoms with E-state index in [0.29, 0.717) is 48.7 Å². The van der Waals surface area contributed by atoms with Crippen molar-refractivity contribution in [2.24, 2.45) is 0 Å². The first kappa shape index (κ1) is 22.4. The van der Waals surface area contributed by atoms with Gasteiger partial charge >= 0.3 is 0 Å². The number of hydrogen-bond acceptors (Lipinski definition) is 6. The lowest BCUT2D eigenvalue weighted by atomic mass is 9.97. The van der Waals surface area contributed by atoms with Gasteiger partial charge in [0.05, 0.1) is 24.6 Å². The van der Waals surface area contributed by atoms with Gasteiger partial charge in [-0.2, -0.15) is 0 Å². The van der Waals surface area contributed by atoms with Crippen molar-refractivity contribution in [3.05, 3.63) is 69.6 Å². The van der Waals surface area contributed by atoms with Crippen molar-refractivity contribution in [1.82, 2.24) is 4.90 Å². The number of fused-ring (bicyclic) bond motifs is 1. The zero-order valence-electron chi connectivity index (χ0n) is 19.4. The van der Waals surface area contributed by atoms with E-state index < -0.39 is 0 Å². The minimum Gasteiger partial charge on any atom is -0.440 e. The Morgan fingerprint density at radius 3 is 2.50 bits per heavy atom. The molecule has 0 saturated carbocycles. The first-order chi connectivity index (χ1) is 16.4. The average molecular weight is 466 g/mol. The molecule has 0 unspecified atom stereocenters. The number of nitrogens with zero attached hydrogens (tertiary/aromatic N) is 3. The molecule has 2 fully saturated rings. The van der Waals surface area contributed by atoms with Crippen molar-refractivity contribution in [2.45, 2.75) is 18.9 Å². The lowest BCUT2D eigenvalue weighted by Crippen LogP contribution is -2.36. The van der Waals surface area contributed by atoms with E-state index in [1.54, 1.807) is 32.3 Å². The quantitative estimate of drug-likeness (QED) is 0.584. The number of carbonyl (C=O) groups excluding carboxylic acids is 1. The summed E-state index contributed by atoms with van der Waals surface area (Å²) in [5.41, 5.74) is 2.47. The zero-order valence-corrected chi connectivity index (χ0v) is 19.4. The van der Waals surface area contributed by atoms with Gasteiger partial charge in [0, 0.05) is 56.6 Å². The van der Waals surface area contributed by atoms with Gasteiger partial charge in [-0.3, -0.25) is 9.59 Å². The standard InChI is InChI=1S/C26H28FN3O4/c1-28(2)26(32)17-14-20(22-4-3-9-30(22)19-7-5-18(27)6-8-19)25-21(15-17)23(31)16-24(34-25)29-10-12-33-13-11-29/h5-8,14-16,22H,3-4,9-13H2,1-2H3/t22-/m1/s1. The summed E-state index contributed by atoms with van der Waals surface area (Å²) in [4.78, 5) is 31.8. The van der Waals surface area contributed by atoms with E-state index in [9.17, 15) is 14.0 Å². The van der Waals surface area contributed by atoms with Gasteiger partial charge in [-0.1, -0.05) is 0 Å². The van der Waals surface area contributed by atoms with E-state index >= 15 is 0 Å². The van der Waals surface area contributed by atoms with E-state index in [4.69, 9.17) is 9.15 Å². The third-order valence-electron chi connectivity index (χ3n) is 6.59. The highest BCUT2D eigenvalue weighted by Gasteiger charge is 2.31. The monoisotopic (exact) mass is 465 g/mol. The van der Waals surface area contributed by atoms with E-state index in [2.05, 4.69) is 4.90 Å². The van der Waals surface area contributed by atoms with Gasteiger partial charge in [0.25, 0.3) is 5.91 Å². The van der Waals surface area contributed by atoms with E-state index in [1.807, 2.05) is 11.0 Å². The van der Waals surface area contributed by atoms with Crippen molar-refractivity contribution < 1.29 is 18.3 Å². The molecule has 3 heterocycles. The highest BCUT2D eigenvalue weighted by atomic mass is 19.1. The predicted molar refractivity (Wildman–Crippen MR) is 129 cm³/mol. The van der Waals surface area contributed by atoms with E-state index in [0.717, 1.165) is 30.6 Å². The molecule has 178 valence electrons. The molecule has 0 spiro atoms. The summed E-state index contributed by atoms with van der Waals surface area (Å²) < 4.78 is 25.4. The molecule has 0 bridgehead atoms. The Bertz CT molecular complexity index is 1270. The van der Waals surface area contributed by atoms with Gasteiger partial charge in [-0.25, -0.2) is 4.39 Å². The first-order valence-electron chi connectivity index (χ1n) is 11.6. The van der Waals surface area contributed by atoms with Crippen LogP contribution in [0, 0.1) is 5.82 Å². The number of rotatable bonds is 4. The summed E-state index contributed by atoms with van der Waals surface area (Å²) in [7, 11) is 3.38. The zero-order chi connectivity index (χ0) is 23.8. The Morgan fingerprint density at radius 2 is 1.79 bits per heavy atom. The largest absolute Gasteiger partial charge is 0.440 e. The van der Waals surface area contributed by atoms with Gasteiger partial charge in [0.2, 0.25) is 0 Å². The fourth-order valence-electron chi connectivity index (χ4n) is 4.87. The number of ether oxygens (including phenoxy) is 1. The molecule has 2 saturated heterocycles. The molecular weight excluding hydrogens is 437 g/mol. The second-order valence-corrected chi connectivity index (χ2v) is 9.02. The number of carbonyl (C=O) groups is 1. The second kappa shape index (κ2) is 9.10. The van der Waals surface area contributed by atoms with Crippen LogP contribution in [0.1, 0.15) is 34.8 Å². The molecule has 8 heteroatoms. The van der Waals surface area contributed by atoms with E-state index in [-0.39, 0.29) is 23.2 Å². The maximum Gasteiger partial charge on any atom is 0.253 e. The molecule has 0 N–H and O–H groups in total. The summed E-state index contributed by atoms with van der Waals surface area (Å²) in [5.74, 6) is 0.0517. The first-order valence-corrected chi connectivity index (χ1v) is 11.6. The Morgan fingerprint density at radius 1 is 1.06 bits per heavy atom. The molecule has 5 rings (SSSR count). The molecule has 34 heavy (non-hydrogen) atoms. The van der Waals surface area contributed by atoms with Gasteiger partial charge in [-0.05, 0) is 49.2 Å². The van der Waals surface area contributed by atoms with Crippen LogP contribution in [0.25, 0.3) is 11.0 Å². The molecule has 0 aliphatic carbocycles. The third-order valence-corrected chi connectivity index (χ3v) is 6.59. The van der Waals surface area contributed by atoms with Crippen LogP contribution in [-0.4, -0.2) is 57.8 Å². The Labute approximate surface area is 197 Å². The fraction of sp³-hybridized carbons (Fsp3) is 0.385. The molecule has 7 nitrogen and oxygen atoms in total. The van der Waals surface area contributed by atoms with Crippen LogP contribution in [0.2, 0.25) is 0 Å². The smallest absolute Gasteiger partial charge is 0.253 e. The Balaban J connectivity index is 1.68.